The quantitative estimate of drug-likeness (QED) is 0.829. The molecule has 1 unspecified atom stereocenters. The number of carbonyl (C=O) groups excluding carboxylic acids is 1. The number of benzene rings is 2. The molecule has 27 heavy (non-hydrogen) atoms. The van der Waals surface area contributed by atoms with Crippen molar-refractivity contribution in [1.29, 1.82) is 0 Å². The molecule has 0 bridgehead atoms. The first-order valence-electron chi connectivity index (χ1n) is 9.30. The summed E-state index contributed by atoms with van der Waals surface area (Å²) in [6, 6.07) is 17.1. The van der Waals surface area contributed by atoms with Crippen molar-refractivity contribution in [2.24, 2.45) is 0 Å². The first-order valence-corrected chi connectivity index (χ1v) is 11.2. The topological polar surface area (TPSA) is 66.5 Å². The predicted octanol–water partition coefficient (Wildman–Crippen LogP) is 2.81. The van der Waals surface area contributed by atoms with Crippen LogP contribution in [0.1, 0.15) is 24.8 Å². The summed E-state index contributed by atoms with van der Waals surface area (Å²) in [5.74, 6) is 0.0816. The number of sulfone groups is 1. The fourth-order valence-electron chi connectivity index (χ4n) is 3.44. The highest BCUT2D eigenvalue weighted by Crippen LogP contribution is 2.22. The number of piperidine rings is 1. The van der Waals surface area contributed by atoms with Gasteiger partial charge < -0.3 is 10.2 Å². The van der Waals surface area contributed by atoms with Crippen LogP contribution in [0.5, 0.6) is 0 Å². The van der Waals surface area contributed by atoms with Crippen LogP contribution in [0, 0.1) is 0 Å². The minimum atomic E-state index is -3.18. The van der Waals surface area contributed by atoms with Gasteiger partial charge in [-0.15, -0.1) is 0 Å². The Bertz CT molecular complexity index is 864. The Kier molecular flexibility index (Phi) is 6.16. The maximum atomic E-state index is 12.3. The maximum absolute atomic E-state index is 12.3. The molecule has 144 valence electrons. The minimum Gasteiger partial charge on any atom is -0.369 e. The molecule has 6 heteroatoms. The molecule has 5 nitrogen and oxygen atoms in total. The van der Waals surface area contributed by atoms with Gasteiger partial charge in [-0.2, -0.15) is 0 Å². The van der Waals surface area contributed by atoms with Crippen LogP contribution < -0.4 is 10.2 Å². The molecule has 1 atom stereocenters. The molecule has 1 N–H and O–H groups in total. The molecule has 1 fully saturated rings. The van der Waals surface area contributed by atoms with E-state index in [1.54, 1.807) is 12.1 Å². The SMILES string of the molecule is CS(=O)(=O)c1ccc(N2CCCC(NC(=O)CCc3ccccc3)C2)cc1. The molecule has 1 aliphatic heterocycles. The molecule has 1 saturated heterocycles. The van der Waals surface area contributed by atoms with Gasteiger partial charge in [0.15, 0.2) is 9.84 Å². The van der Waals surface area contributed by atoms with E-state index >= 15 is 0 Å². The van der Waals surface area contributed by atoms with Crippen LogP contribution in [-0.4, -0.2) is 39.7 Å². The van der Waals surface area contributed by atoms with E-state index in [2.05, 4.69) is 10.2 Å². The molecule has 2 aromatic rings. The third-order valence-corrected chi connectivity index (χ3v) is 6.03. The predicted molar refractivity (Wildman–Crippen MR) is 108 cm³/mol. The Morgan fingerprint density at radius 3 is 2.48 bits per heavy atom. The smallest absolute Gasteiger partial charge is 0.220 e. The molecule has 1 amide bonds. The summed E-state index contributed by atoms with van der Waals surface area (Å²) in [6.07, 6.45) is 4.41. The zero-order chi connectivity index (χ0) is 19.3. The van der Waals surface area contributed by atoms with Crippen LogP contribution in [0.4, 0.5) is 5.69 Å². The van der Waals surface area contributed by atoms with Crippen molar-refractivity contribution in [2.75, 3.05) is 24.2 Å². The van der Waals surface area contributed by atoms with Gasteiger partial charge in [0.2, 0.25) is 5.91 Å². The van der Waals surface area contributed by atoms with Crippen molar-refractivity contribution < 1.29 is 13.2 Å². The average Bonchev–Trinajstić information content (AvgIpc) is 2.67. The van der Waals surface area contributed by atoms with Gasteiger partial charge in [-0.1, -0.05) is 30.3 Å². The standard InChI is InChI=1S/C21H26N2O3S/c1-27(25,26)20-12-10-19(11-13-20)23-15-5-8-18(16-23)22-21(24)14-9-17-6-3-2-4-7-17/h2-4,6-7,10-13,18H,5,8-9,14-16H2,1H3,(H,22,24). The fourth-order valence-corrected chi connectivity index (χ4v) is 4.07. The average molecular weight is 387 g/mol. The first kappa shape index (κ1) is 19.4. The summed E-state index contributed by atoms with van der Waals surface area (Å²) in [7, 11) is -3.18. The summed E-state index contributed by atoms with van der Waals surface area (Å²) >= 11 is 0. The minimum absolute atomic E-state index is 0.0816. The first-order chi connectivity index (χ1) is 12.9. The van der Waals surface area contributed by atoms with Crippen molar-refractivity contribution in [3.05, 3.63) is 60.2 Å². The third kappa shape index (κ3) is 5.57. The molecule has 0 spiro atoms. The van der Waals surface area contributed by atoms with Crippen molar-refractivity contribution in [2.45, 2.75) is 36.6 Å². The Morgan fingerprint density at radius 2 is 1.81 bits per heavy atom. The highest BCUT2D eigenvalue weighted by Gasteiger charge is 2.22. The van der Waals surface area contributed by atoms with Crippen LogP contribution in [-0.2, 0) is 21.1 Å². The van der Waals surface area contributed by atoms with Gasteiger partial charge in [0, 0.05) is 37.5 Å². The van der Waals surface area contributed by atoms with Crippen molar-refractivity contribution in [1.82, 2.24) is 5.32 Å². The molecule has 1 heterocycles. The Hall–Kier alpha value is -2.34. The highest BCUT2D eigenvalue weighted by molar-refractivity contribution is 7.90. The van der Waals surface area contributed by atoms with E-state index in [4.69, 9.17) is 0 Å². The molecule has 0 aliphatic carbocycles. The number of nitrogens with zero attached hydrogens (tertiary/aromatic N) is 1. The summed E-state index contributed by atoms with van der Waals surface area (Å²) in [4.78, 5) is 14.8. The van der Waals surface area contributed by atoms with E-state index in [0.29, 0.717) is 11.3 Å². The summed E-state index contributed by atoms with van der Waals surface area (Å²) < 4.78 is 23.2. The molecule has 2 aromatic carbocycles. The van der Waals surface area contributed by atoms with Gasteiger partial charge in [-0.3, -0.25) is 4.79 Å². The Morgan fingerprint density at radius 1 is 1.11 bits per heavy atom. The second kappa shape index (κ2) is 8.57. The number of nitrogens with one attached hydrogen (secondary N) is 1. The summed E-state index contributed by atoms with van der Waals surface area (Å²) in [6.45, 7) is 1.66. The second-order valence-corrected chi connectivity index (χ2v) is 9.12. The van der Waals surface area contributed by atoms with Crippen LogP contribution in [0.25, 0.3) is 0 Å². The number of amides is 1. The number of hydrogen-bond acceptors (Lipinski definition) is 4. The number of hydrogen-bond donors (Lipinski definition) is 1. The van der Waals surface area contributed by atoms with Gasteiger partial charge in [0.05, 0.1) is 4.90 Å². The van der Waals surface area contributed by atoms with E-state index in [1.807, 2.05) is 42.5 Å². The van der Waals surface area contributed by atoms with E-state index in [0.717, 1.165) is 38.0 Å². The van der Waals surface area contributed by atoms with Crippen molar-refractivity contribution in [3.63, 3.8) is 0 Å². The van der Waals surface area contributed by atoms with E-state index < -0.39 is 9.84 Å². The molecule has 0 radical (unpaired) electrons. The largest absolute Gasteiger partial charge is 0.369 e. The molecule has 1 aliphatic rings. The van der Waals surface area contributed by atoms with Crippen LogP contribution in [0.2, 0.25) is 0 Å². The van der Waals surface area contributed by atoms with Gasteiger partial charge in [-0.25, -0.2) is 8.42 Å². The number of carbonyl (C=O) groups is 1. The number of rotatable bonds is 6. The van der Waals surface area contributed by atoms with Crippen molar-refractivity contribution >= 4 is 21.4 Å². The Labute approximate surface area is 161 Å². The molecule has 3 rings (SSSR count). The van der Waals surface area contributed by atoms with Gasteiger partial charge in [-0.05, 0) is 49.1 Å². The number of aryl methyl sites for hydroxylation is 1. The zero-order valence-electron chi connectivity index (χ0n) is 15.6. The summed E-state index contributed by atoms with van der Waals surface area (Å²) in [5, 5.41) is 3.15. The molecule has 0 aromatic heterocycles. The van der Waals surface area contributed by atoms with Gasteiger partial charge in [0.1, 0.15) is 0 Å². The normalized spacial score (nSPS) is 17.5. The fraction of sp³-hybridized carbons (Fsp3) is 0.381. The highest BCUT2D eigenvalue weighted by atomic mass is 32.2. The van der Waals surface area contributed by atoms with E-state index in [9.17, 15) is 13.2 Å². The van der Waals surface area contributed by atoms with Crippen LogP contribution >= 0.6 is 0 Å². The molecular formula is C21H26N2O3S. The lowest BCUT2D eigenvalue weighted by Crippen LogP contribution is -2.47. The Balaban J connectivity index is 1.53. The third-order valence-electron chi connectivity index (χ3n) is 4.90. The lowest BCUT2D eigenvalue weighted by Gasteiger charge is -2.35. The number of anilines is 1. The molecule has 0 saturated carbocycles. The maximum Gasteiger partial charge on any atom is 0.220 e. The molecular weight excluding hydrogens is 360 g/mol. The van der Waals surface area contributed by atoms with Crippen LogP contribution in [0.3, 0.4) is 0 Å². The lowest BCUT2D eigenvalue weighted by atomic mass is 10.0. The summed E-state index contributed by atoms with van der Waals surface area (Å²) in [5.41, 5.74) is 2.16. The van der Waals surface area contributed by atoms with E-state index in [1.165, 1.54) is 11.8 Å². The van der Waals surface area contributed by atoms with Gasteiger partial charge >= 0.3 is 0 Å². The second-order valence-electron chi connectivity index (χ2n) is 7.10. The van der Waals surface area contributed by atoms with Crippen LogP contribution in [0.15, 0.2) is 59.5 Å². The zero-order valence-corrected chi connectivity index (χ0v) is 16.4. The monoisotopic (exact) mass is 386 g/mol. The lowest BCUT2D eigenvalue weighted by molar-refractivity contribution is -0.121. The van der Waals surface area contributed by atoms with Crippen molar-refractivity contribution in [3.8, 4) is 0 Å². The van der Waals surface area contributed by atoms with Gasteiger partial charge in [0.25, 0.3) is 0 Å². The van der Waals surface area contributed by atoms with E-state index in [-0.39, 0.29) is 11.9 Å².